The number of hydrogen-bond donors (Lipinski definition) is 4. The molecule has 196 valence electrons. The van der Waals surface area contributed by atoms with Gasteiger partial charge in [-0.3, -0.25) is 14.4 Å². The summed E-state index contributed by atoms with van der Waals surface area (Å²) in [7, 11) is 1.41. The van der Waals surface area contributed by atoms with Crippen molar-refractivity contribution in [3.05, 3.63) is 29.3 Å². The van der Waals surface area contributed by atoms with Gasteiger partial charge in [-0.1, -0.05) is 31.5 Å². The van der Waals surface area contributed by atoms with Crippen LogP contribution in [0.15, 0.2) is 18.2 Å². The Bertz CT molecular complexity index is 912. The summed E-state index contributed by atoms with van der Waals surface area (Å²) in [5, 5.41) is 16.1. The van der Waals surface area contributed by atoms with Gasteiger partial charge < -0.3 is 31.1 Å². The summed E-state index contributed by atoms with van der Waals surface area (Å²) >= 11 is 0. The minimum Gasteiger partial charge on any atom is -0.507 e. The number of nitrogens with zero attached hydrogens (tertiary/aromatic N) is 1. The van der Waals surface area contributed by atoms with Crippen LogP contribution in [-0.4, -0.2) is 58.6 Å². The van der Waals surface area contributed by atoms with Crippen LogP contribution in [-0.2, 0) is 19.1 Å². The van der Waals surface area contributed by atoms with Crippen molar-refractivity contribution in [1.29, 1.82) is 0 Å². The van der Waals surface area contributed by atoms with Crippen LogP contribution in [0.4, 0.5) is 4.79 Å². The number of nitrogens with one attached hydrogen (secondary N) is 2. The Morgan fingerprint density at radius 3 is 2.31 bits per heavy atom. The fourth-order valence-electron chi connectivity index (χ4n) is 3.62. The van der Waals surface area contributed by atoms with Gasteiger partial charge >= 0.3 is 6.09 Å². The van der Waals surface area contributed by atoms with E-state index in [1.54, 1.807) is 45.9 Å². The minimum absolute atomic E-state index is 0.0852. The summed E-state index contributed by atoms with van der Waals surface area (Å²) in [6.45, 7) is 10.6. The van der Waals surface area contributed by atoms with Crippen molar-refractivity contribution in [3.63, 3.8) is 0 Å². The Kier molecular flexibility index (Phi) is 11.0. The highest BCUT2D eigenvalue weighted by Crippen LogP contribution is 2.31. The number of aromatic hydroxyl groups is 1. The number of amides is 4. The molecular formula is C25H40N4O6. The van der Waals surface area contributed by atoms with Gasteiger partial charge in [0.15, 0.2) is 0 Å². The summed E-state index contributed by atoms with van der Waals surface area (Å²) in [4.78, 5) is 51.8. The highest BCUT2D eigenvalue weighted by atomic mass is 16.6. The van der Waals surface area contributed by atoms with Crippen molar-refractivity contribution in [2.24, 2.45) is 5.73 Å². The van der Waals surface area contributed by atoms with Crippen LogP contribution in [0, 0.1) is 6.92 Å². The maximum Gasteiger partial charge on any atom is 0.408 e. The zero-order valence-electron chi connectivity index (χ0n) is 21.8. The number of hydrogen-bond acceptors (Lipinski definition) is 6. The zero-order chi connectivity index (χ0) is 26.9. The number of nitrogens with two attached hydrogens (primary N) is 1. The smallest absolute Gasteiger partial charge is 0.408 e. The molecule has 0 bridgehead atoms. The molecule has 0 spiro atoms. The minimum atomic E-state index is -1.18. The molecule has 0 fully saturated rings. The molecule has 5 N–H and O–H groups in total. The Morgan fingerprint density at radius 1 is 1.14 bits per heavy atom. The van der Waals surface area contributed by atoms with Crippen molar-refractivity contribution < 1.29 is 29.0 Å². The number of ether oxygens (including phenoxy) is 1. The van der Waals surface area contributed by atoms with E-state index in [9.17, 15) is 24.3 Å². The van der Waals surface area contributed by atoms with Gasteiger partial charge in [0, 0.05) is 25.1 Å². The molecular weight excluding hydrogens is 452 g/mol. The van der Waals surface area contributed by atoms with Gasteiger partial charge in [-0.05, 0) is 53.0 Å². The largest absolute Gasteiger partial charge is 0.507 e. The monoisotopic (exact) mass is 492 g/mol. The molecule has 1 rings (SSSR count). The number of aryl methyl sites for hydroxylation is 1. The van der Waals surface area contributed by atoms with Crippen molar-refractivity contribution >= 4 is 23.8 Å². The standard InChI is InChI=1S/C25H40N4O6/c1-8-10-16(3)27-22(32)20(17-12-9-11-15(2)21(17)31)29(7)23(33)18(13-14-19(26)30)28-24(34)35-25(4,5)6/h9,11-12,16,18,20,31H,8,10,13-14H2,1-7H3,(H2,26,30)(H,27,32)(H,28,34). The number of benzene rings is 1. The van der Waals surface area contributed by atoms with Gasteiger partial charge in [-0.2, -0.15) is 0 Å². The fraction of sp³-hybridized carbons (Fsp3) is 0.600. The molecule has 0 aliphatic rings. The predicted octanol–water partition coefficient (Wildman–Crippen LogP) is 2.66. The van der Waals surface area contributed by atoms with Gasteiger partial charge in [0.1, 0.15) is 23.4 Å². The van der Waals surface area contributed by atoms with Gasteiger partial charge in [-0.15, -0.1) is 0 Å². The first-order valence-corrected chi connectivity index (χ1v) is 11.8. The Hall–Kier alpha value is -3.30. The molecule has 4 amide bonds. The fourth-order valence-corrected chi connectivity index (χ4v) is 3.62. The third-order valence-electron chi connectivity index (χ3n) is 5.33. The van der Waals surface area contributed by atoms with Crippen LogP contribution in [0.1, 0.15) is 77.5 Å². The maximum atomic E-state index is 13.5. The first-order valence-electron chi connectivity index (χ1n) is 11.8. The number of phenols is 1. The lowest BCUT2D eigenvalue weighted by atomic mass is 9.99. The molecule has 0 aliphatic heterocycles. The second kappa shape index (κ2) is 13.0. The van der Waals surface area contributed by atoms with E-state index in [-0.39, 0.29) is 30.2 Å². The quantitative estimate of drug-likeness (QED) is 0.373. The molecule has 0 aliphatic carbocycles. The molecule has 0 heterocycles. The molecule has 0 radical (unpaired) electrons. The highest BCUT2D eigenvalue weighted by molar-refractivity contribution is 5.92. The van der Waals surface area contributed by atoms with E-state index in [1.165, 1.54) is 7.05 Å². The molecule has 3 atom stereocenters. The van der Waals surface area contributed by atoms with Crippen LogP contribution in [0.2, 0.25) is 0 Å². The molecule has 0 aromatic heterocycles. The summed E-state index contributed by atoms with van der Waals surface area (Å²) in [5.74, 6) is -1.87. The van der Waals surface area contributed by atoms with Crippen molar-refractivity contribution in [3.8, 4) is 5.75 Å². The predicted molar refractivity (Wildman–Crippen MR) is 132 cm³/mol. The van der Waals surface area contributed by atoms with E-state index in [2.05, 4.69) is 10.6 Å². The number of primary amides is 1. The molecule has 0 saturated carbocycles. The lowest BCUT2D eigenvalue weighted by molar-refractivity contribution is -0.141. The molecule has 1 aromatic carbocycles. The van der Waals surface area contributed by atoms with E-state index < -0.39 is 41.5 Å². The van der Waals surface area contributed by atoms with Gasteiger partial charge in [0.25, 0.3) is 0 Å². The summed E-state index contributed by atoms with van der Waals surface area (Å²) in [6, 6.07) is 2.42. The molecule has 35 heavy (non-hydrogen) atoms. The van der Waals surface area contributed by atoms with E-state index in [0.717, 1.165) is 17.7 Å². The van der Waals surface area contributed by atoms with Gasteiger partial charge in [-0.25, -0.2) is 4.79 Å². The van der Waals surface area contributed by atoms with E-state index >= 15 is 0 Å². The van der Waals surface area contributed by atoms with Crippen LogP contribution < -0.4 is 16.4 Å². The van der Waals surface area contributed by atoms with Crippen LogP contribution >= 0.6 is 0 Å². The molecule has 3 unspecified atom stereocenters. The Morgan fingerprint density at radius 2 is 1.77 bits per heavy atom. The number of phenolic OH excluding ortho intramolecular Hbond substituents is 1. The first kappa shape index (κ1) is 29.7. The SMILES string of the molecule is CCCC(C)NC(=O)C(c1cccc(C)c1O)N(C)C(=O)C(CCC(N)=O)NC(=O)OC(C)(C)C. The topological polar surface area (TPSA) is 151 Å². The maximum absolute atomic E-state index is 13.5. The summed E-state index contributed by atoms with van der Waals surface area (Å²) in [6.07, 6.45) is 0.492. The number of likely N-dealkylation sites (N-methyl/N-ethyl adjacent to an activating group) is 1. The molecule has 1 aromatic rings. The Balaban J connectivity index is 3.35. The third-order valence-corrected chi connectivity index (χ3v) is 5.33. The van der Waals surface area contributed by atoms with Crippen molar-refractivity contribution in [2.45, 2.75) is 91.0 Å². The number of para-hydroxylation sites is 1. The van der Waals surface area contributed by atoms with Gasteiger partial charge in [0.05, 0.1) is 0 Å². The summed E-state index contributed by atoms with van der Waals surface area (Å²) < 4.78 is 5.26. The van der Waals surface area contributed by atoms with Crippen molar-refractivity contribution in [2.75, 3.05) is 7.05 Å². The van der Waals surface area contributed by atoms with E-state index in [1.807, 2.05) is 13.8 Å². The number of carbonyl (C=O) groups is 4. The van der Waals surface area contributed by atoms with E-state index in [4.69, 9.17) is 10.5 Å². The highest BCUT2D eigenvalue weighted by Gasteiger charge is 2.36. The molecule has 10 heteroatoms. The van der Waals surface area contributed by atoms with Crippen LogP contribution in [0.3, 0.4) is 0 Å². The lowest BCUT2D eigenvalue weighted by Crippen LogP contribution is -2.52. The summed E-state index contributed by atoms with van der Waals surface area (Å²) in [5.41, 5.74) is 5.24. The zero-order valence-corrected chi connectivity index (χ0v) is 21.8. The van der Waals surface area contributed by atoms with Crippen LogP contribution in [0.5, 0.6) is 5.75 Å². The molecule has 0 saturated heterocycles. The number of rotatable bonds is 11. The number of alkyl carbamates (subject to hydrolysis) is 1. The Labute approximate surface area is 207 Å². The first-order chi connectivity index (χ1) is 16.2. The average molecular weight is 493 g/mol. The van der Waals surface area contributed by atoms with Gasteiger partial charge in [0.2, 0.25) is 17.7 Å². The lowest BCUT2D eigenvalue weighted by Gasteiger charge is -2.32. The number of carbonyl (C=O) groups excluding carboxylic acids is 4. The van der Waals surface area contributed by atoms with Crippen molar-refractivity contribution in [1.82, 2.24) is 15.5 Å². The third kappa shape index (κ3) is 9.46. The normalized spacial score (nSPS) is 13.8. The molecule has 10 nitrogen and oxygen atoms in total. The second-order valence-electron chi connectivity index (χ2n) is 9.77. The van der Waals surface area contributed by atoms with E-state index in [0.29, 0.717) is 5.56 Å². The average Bonchev–Trinajstić information content (AvgIpc) is 2.72. The van der Waals surface area contributed by atoms with Crippen LogP contribution in [0.25, 0.3) is 0 Å². The second-order valence-corrected chi connectivity index (χ2v) is 9.77.